The van der Waals surface area contributed by atoms with Crippen molar-refractivity contribution in [3.63, 3.8) is 0 Å². The molecule has 19 heavy (non-hydrogen) atoms. The fourth-order valence-electron chi connectivity index (χ4n) is 2.62. The molecule has 3 rings (SSSR count). The van der Waals surface area contributed by atoms with E-state index >= 15 is 0 Å². The molecule has 0 spiro atoms. The van der Waals surface area contributed by atoms with Gasteiger partial charge in [-0.05, 0) is 30.0 Å². The van der Waals surface area contributed by atoms with Gasteiger partial charge in [0.2, 0.25) is 11.8 Å². The van der Waals surface area contributed by atoms with Crippen molar-refractivity contribution in [2.75, 3.05) is 11.4 Å². The molecule has 2 amide bonds. The van der Waals surface area contributed by atoms with E-state index in [2.05, 4.69) is 0 Å². The van der Waals surface area contributed by atoms with Gasteiger partial charge in [0.15, 0.2) is 0 Å². The number of anilines is 1. The number of carbonyl (C=O) groups excluding carboxylic acids is 2. The zero-order valence-corrected chi connectivity index (χ0v) is 10.7. The molecule has 0 unspecified atom stereocenters. The standard InChI is InChI=1S/C14H17N3O2/c15-7-9-1-2-11-10(5-9)6-12(18)17(11)13(19)14(8-16)3-4-14/h1-2,5H,3-4,6-8,15-16H2. The van der Waals surface area contributed by atoms with Gasteiger partial charge in [0.05, 0.1) is 17.5 Å². The highest BCUT2D eigenvalue weighted by atomic mass is 16.2. The van der Waals surface area contributed by atoms with Gasteiger partial charge in [-0.3, -0.25) is 9.59 Å². The molecule has 1 aromatic rings. The summed E-state index contributed by atoms with van der Waals surface area (Å²) in [6.45, 7) is 0.744. The first-order valence-electron chi connectivity index (χ1n) is 6.50. The van der Waals surface area contributed by atoms with Gasteiger partial charge in [0.25, 0.3) is 0 Å². The van der Waals surface area contributed by atoms with E-state index < -0.39 is 5.41 Å². The lowest BCUT2D eigenvalue weighted by atomic mass is 10.1. The predicted molar refractivity (Wildman–Crippen MR) is 71.3 cm³/mol. The maximum Gasteiger partial charge on any atom is 0.241 e. The van der Waals surface area contributed by atoms with Crippen LogP contribution in [0, 0.1) is 5.41 Å². The smallest absolute Gasteiger partial charge is 0.241 e. The van der Waals surface area contributed by atoms with Gasteiger partial charge in [-0.25, -0.2) is 4.90 Å². The number of rotatable bonds is 3. The molecule has 0 bridgehead atoms. The number of fused-ring (bicyclic) bond motifs is 1. The van der Waals surface area contributed by atoms with Crippen LogP contribution in [0.15, 0.2) is 18.2 Å². The molecule has 0 saturated heterocycles. The van der Waals surface area contributed by atoms with Gasteiger partial charge >= 0.3 is 0 Å². The summed E-state index contributed by atoms with van der Waals surface area (Å²) in [4.78, 5) is 25.9. The van der Waals surface area contributed by atoms with Crippen molar-refractivity contribution in [2.24, 2.45) is 16.9 Å². The summed E-state index contributed by atoms with van der Waals surface area (Å²) >= 11 is 0. The summed E-state index contributed by atoms with van der Waals surface area (Å²) in [6.07, 6.45) is 1.83. The molecule has 5 nitrogen and oxygen atoms in total. The third-order valence-electron chi connectivity index (χ3n) is 4.11. The predicted octanol–water partition coefficient (Wildman–Crippen LogP) is 0.300. The summed E-state index contributed by atoms with van der Waals surface area (Å²) in [5.41, 5.74) is 13.3. The number of benzene rings is 1. The molecule has 1 fully saturated rings. The van der Waals surface area contributed by atoms with Crippen molar-refractivity contribution in [3.8, 4) is 0 Å². The van der Waals surface area contributed by atoms with Gasteiger partial charge in [0, 0.05) is 13.1 Å². The van der Waals surface area contributed by atoms with Crippen molar-refractivity contribution < 1.29 is 9.59 Å². The van der Waals surface area contributed by atoms with Gasteiger partial charge < -0.3 is 11.5 Å². The SMILES string of the molecule is NCc1ccc2c(c1)CC(=O)N2C(=O)C1(CN)CC1. The van der Waals surface area contributed by atoms with Crippen LogP contribution >= 0.6 is 0 Å². The third-order valence-corrected chi connectivity index (χ3v) is 4.11. The highest BCUT2D eigenvalue weighted by Gasteiger charge is 2.53. The molecule has 1 saturated carbocycles. The highest BCUT2D eigenvalue weighted by Crippen LogP contribution is 2.48. The van der Waals surface area contributed by atoms with E-state index in [0.29, 0.717) is 18.8 Å². The number of hydrogen-bond acceptors (Lipinski definition) is 4. The molecule has 0 aromatic heterocycles. The lowest BCUT2D eigenvalue weighted by molar-refractivity contribution is -0.128. The van der Waals surface area contributed by atoms with Crippen molar-refractivity contribution in [3.05, 3.63) is 29.3 Å². The number of amides is 2. The number of nitrogens with two attached hydrogens (primary N) is 2. The van der Waals surface area contributed by atoms with Crippen molar-refractivity contribution in [1.82, 2.24) is 0 Å². The van der Waals surface area contributed by atoms with E-state index in [0.717, 1.165) is 24.0 Å². The molecule has 0 atom stereocenters. The first-order chi connectivity index (χ1) is 9.11. The van der Waals surface area contributed by atoms with E-state index in [1.807, 2.05) is 18.2 Å². The summed E-state index contributed by atoms with van der Waals surface area (Å²) in [7, 11) is 0. The maximum atomic E-state index is 12.5. The lowest BCUT2D eigenvalue weighted by Crippen LogP contribution is -2.42. The minimum absolute atomic E-state index is 0.140. The molecule has 100 valence electrons. The average molecular weight is 259 g/mol. The first-order valence-corrected chi connectivity index (χ1v) is 6.50. The van der Waals surface area contributed by atoms with Crippen LogP contribution in [0.2, 0.25) is 0 Å². The Kier molecular flexibility index (Phi) is 2.69. The van der Waals surface area contributed by atoms with Gasteiger partial charge in [-0.15, -0.1) is 0 Å². The molecule has 1 aromatic carbocycles. The molecule has 1 aliphatic carbocycles. The summed E-state index contributed by atoms with van der Waals surface area (Å²) < 4.78 is 0. The van der Waals surface area contributed by atoms with E-state index in [9.17, 15) is 9.59 Å². The zero-order chi connectivity index (χ0) is 13.6. The van der Waals surface area contributed by atoms with Crippen molar-refractivity contribution in [1.29, 1.82) is 0 Å². The van der Waals surface area contributed by atoms with E-state index in [-0.39, 0.29) is 18.2 Å². The maximum absolute atomic E-state index is 12.5. The third kappa shape index (κ3) is 1.77. The van der Waals surface area contributed by atoms with Crippen molar-refractivity contribution >= 4 is 17.5 Å². The molecular formula is C14H17N3O2. The fourth-order valence-corrected chi connectivity index (χ4v) is 2.62. The van der Waals surface area contributed by atoms with E-state index in [1.165, 1.54) is 4.90 Å². The minimum Gasteiger partial charge on any atom is -0.329 e. The normalized spacial score (nSPS) is 19.5. The molecule has 1 heterocycles. The van der Waals surface area contributed by atoms with Gasteiger partial charge in [0.1, 0.15) is 0 Å². The number of nitrogens with zero attached hydrogens (tertiary/aromatic N) is 1. The monoisotopic (exact) mass is 259 g/mol. The number of hydrogen-bond donors (Lipinski definition) is 2. The van der Waals surface area contributed by atoms with Crippen LogP contribution in [0.1, 0.15) is 24.0 Å². The second-order valence-electron chi connectivity index (χ2n) is 5.36. The Morgan fingerprint density at radius 1 is 1.32 bits per heavy atom. The van der Waals surface area contributed by atoms with Crippen LogP contribution in [-0.2, 0) is 22.6 Å². The quantitative estimate of drug-likeness (QED) is 0.764. The minimum atomic E-state index is -0.496. The Morgan fingerprint density at radius 3 is 2.63 bits per heavy atom. The van der Waals surface area contributed by atoms with Gasteiger partial charge in [-0.2, -0.15) is 0 Å². The molecule has 1 aliphatic heterocycles. The molecule has 4 N–H and O–H groups in total. The summed E-state index contributed by atoms with van der Waals surface area (Å²) in [5, 5.41) is 0. The number of carbonyl (C=O) groups is 2. The first kappa shape index (κ1) is 12.3. The summed E-state index contributed by atoms with van der Waals surface area (Å²) in [6, 6.07) is 5.58. The van der Waals surface area contributed by atoms with E-state index in [1.54, 1.807) is 0 Å². The van der Waals surface area contributed by atoms with Crippen LogP contribution in [0.25, 0.3) is 0 Å². The van der Waals surface area contributed by atoms with Crippen LogP contribution in [0.3, 0.4) is 0 Å². The second kappa shape index (κ2) is 4.15. The molecular weight excluding hydrogens is 242 g/mol. The summed E-state index contributed by atoms with van der Waals surface area (Å²) in [5.74, 6) is -0.298. The Bertz CT molecular complexity index is 564. The Morgan fingerprint density at radius 2 is 2.05 bits per heavy atom. The van der Waals surface area contributed by atoms with Crippen LogP contribution in [0.4, 0.5) is 5.69 Å². The fraction of sp³-hybridized carbons (Fsp3) is 0.429. The average Bonchev–Trinajstić information content (AvgIpc) is 3.15. The number of imide groups is 1. The van der Waals surface area contributed by atoms with Crippen molar-refractivity contribution in [2.45, 2.75) is 25.8 Å². The van der Waals surface area contributed by atoms with Crippen LogP contribution in [0.5, 0.6) is 0 Å². The van der Waals surface area contributed by atoms with Crippen LogP contribution < -0.4 is 16.4 Å². The van der Waals surface area contributed by atoms with E-state index in [4.69, 9.17) is 11.5 Å². The Balaban J connectivity index is 1.97. The largest absolute Gasteiger partial charge is 0.329 e. The molecule has 5 heteroatoms. The Hall–Kier alpha value is -1.72. The lowest BCUT2D eigenvalue weighted by Gasteiger charge is -2.21. The zero-order valence-electron chi connectivity index (χ0n) is 10.7. The highest BCUT2D eigenvalue weighted by molar-refractivity contribution is 6.21. The molecule has 0 radical (unpaired) electrons. The Labute approximate surface area is 111 Å². The van der Waals surface area contributed by atoms with Crippen LogP contribution in [-0.4, -0.2) is 18.4 Å². The second-order valence-corrected chi connectivity index (χ2v) is 5.36. The molecule has 2 aliphatic rings. The van der Waals surface area contributed by atoms with Gasteiger partial charge in [-0.1, -0.05) is 12.1 Å². The topological polar surface area (TPSA) is 89.4 Å².